The van der Waals surface area contributed by atoms with E-state index in [2.05, 4.69) is 41.5 Å². The van der Waals surface area contributed by atoms with E-state index in [1.165, 1.54) is 18.3 Å². The number of piperidine rings is 1. The lowest BCUT2D eigenvalue weighted by atomic mass is 10.0. The first-order valence-corrected chi connectivity index (χ1v) is 25.7. The summed E-state index contributed by atoms with van der Waals surface area (Å²) < 4.78 is 18.5. The van der Waals surface area contributed by atoms with Crippen LogP contribution in [0.15, 0.2) is 77.7 Å². The maximum Gasteiger partial charge on any atom is 0.410 e. The summed E-state index contributed by atoms with van der Waals surface area (Å²) in [4.78, 5) is 128. The molecule has 5 heterocycles. The number of nitrogens with two attached hydrogens (primary N) is 1. The van der Waals surface area contributed by atoms with Crippen molar-refractivity contribution in [3.05, 3.63) is 94.6 Å². The maximum absolute atomic E-state index is 14.1. The van der Waals surface area contributed by atoms with Gasteiger partial charge in [-0.1, -0.05) is 32.4 Å². The SMILES string of the molecule is COc1ccc2ncc(=O)n(CCN3CCC(N(Cc4ccc5c(n4)NC(=O)CO5)C(=O)OCc4ccc(NC(=O)[C@H](CCCNC(N)=O)NC(=O)C(NC(=O)CCCCCN5C(=O)C=CC5=O)C(C)C)cc4)CC3)c2c1. The molecule has 0 radical (unpaired) electrons. The molecule has 0 bridgehead atoms. The second-order valence-electron chi connectivity index (χ2n) is 19.3. The number of unbranched alkanes of at least 4 members (excludes halogenated alkanes) is 2. The first-order valence-electron chi connectivity index (χ1n) is 25.7. The van der Waals surface area contributed by atoms with E-state index in [0.717, 1.165) is 4.90 Å². The minimum atomic E-state index is -1.08. The molecule has 2 aromatic heterocycles. The number of benzene rings is 2. The fraction of sp³-hybridized carbons (Fsp3) is 0.453. The van der Waals surface area contributed by atoms with E-state index >= 15 is 0 Å². The number of primary amides is 1. The number of rotatable bonds is 25. The molecule has 9 amide bonds. The molecule has 24 heteroatoms. The van der Waals surface area contributed by atoms with Gasteiger partial charge in [0.2, 0.25) is 17.7 Å². The van der Waals surface area contributed by atoms with Crippen LogP contribution >= 0.6 is 0 Å². The van der Waals surface area contributed by atoms with Crippen LogP contribution in [0, 0.1) is 5.92 Å². The molecular formula is C53H66N12O12. The van der Waals surface area contributed by atoms with Crippen LogP contribution < -0.4 is 47.4 Å². The molecule has 3 aliphatic rings. The quantitative estimate of drug-likeness (QED) is 0.0411. The van der Waals surface area contributed by atoms with Gasteiger partial charge < -0.3 is 56.0 Å². The molecule has 24 nitrogen and oxygen atoms in total. The summed E-state index contributed by atoms with van der Waals surface area (Å²) in [7, 11) is 1.57. The molecule has 1 unspecified atom stereocenters. The lowest BCUT2D eigenvalue weighted by molar-refractivity contribution is -0.137. The molecule has 0 spiro atoms. The van der Waals surface area contributed by atoms with Crippen molar-refractivity contribution in [3.63, 3.8) is 0 Å². The van der Waals surface area contributed by atoms with Crippen molar-refractivity contribution in [1.82, 2.24) is 45.2 Å². The van der Waals surface area contributed by atoms with Crippen LogP contribution in [0.2, 0.25) is 0 Å². The number of nitrogens with zero attached hydrogens (tertiary/aromatic N) is 6. The molecule has 2 aromatic carbocycles. The number of hydrogen-bond acceptors (Lipinski definition) is 15. The number of carbonyl (C=O) groups excluding carboxylic acids is 8. The number of anilines is 2. The van der Waals surface area contributed by atoms with Gasteiger partial charge >= 0.3 is 12.1 Å². The van der Waals surface area contributed by atoms with Gasteiger partial charge in [0.05, 0.1) is 36.6 Å². The van der Waals surface area contributed by atoms with Crippen LogP contribution in [-0.4, -0.2) is 141 Å². The number of aromatic nitrogens is 3. The number of fused-ring (bicyclic) bond motifs is 2. The van der Waals surface area contributed by atoms with Crippen molar-refractivity contribution in [2.45, 2.75) is 103 Å². The van der Waals surface area contributed by atoms with Gasteiger partial charge in [0.15, 0.2) is 18.2 Å². The monoisotopic (exact) mass is 1060 g/mol. The Hall–Kier alpha value is -8.41. The van der Waals surface area contributed by atoms with E-state index in [0.29, 0.717) is 97.8 Å². The number of ether oxygens (including phenoxy) is 3. The minimum absolute atomic E-state index is 0.0749. The van der Waals surface area contributed by atoms with Crippen LogP contribution in [0.4, 0.5) is 21.1 Å². The van der Waals surface area contributed by atoms with Crippen molar-refractivity contribution in [1.29, 1.82) is 0 Å². The predicted octanol–water partition coefficient (Wildman–Crippen LogP) is 2.93. The summed E-state index contributed by atoms with van der Waals surface area (Å²) in [6.07, 6.45) is 6.41. The third-order valence-corrected chi connectivity index (χ3v) is 13.4. The van der Waals surface area contributed by atoms with E-state index in [1.807, 2.05) is 6.07 Å². The molecule has 0 aliphatic carbocycles. The third kappa shape index (κ3) is 15.8. The second-order valence-corrected chi connectivity index (χ2v) is 19.3. The first kappa shape index (κ1) is 56.3. The number of hydrogen-bond donors (Lipinski definition) is 6. The van der Waals surface area contributed by atoms with Crippen molar-refractivity contribution in [2.24, 2.45) is 11.7 Å². The fourth-order valence-corrected chi connectivity index (χ4v) is 9.16. The number of nitrogens with one attached hydrogen (secondary N) is 5. The van der Waals surface area contributed by atoms with Gasteiger partial charge in [-0.25, -0.2) is 19.6 Å². The van der Waals surface area contributed by atoms with Crippen molar-refractivity contribution in [3.8, 4) is 11.5 Å². The van der Waals surface area contributed by atoms with E-state index in [1.54, 1.807) is 79.0 Å². The first-order chi connectivity index (χ1) is 37.0. The van der Waals surface area contributed by atoms with Gasteiger partial charge in [-0.2, -0.15) is 0 Å². The van der Waals surface area contributed by atoms with Crippen molar-refractivity contribution >= 4 is 70.1 Å². The summed E-state index contributed by atoms with van der Waals surface area (Å²) in [5.41, 5.74) is 7.86. The predicted molar refractivity (Wildman–Crippen MR) is 281 cm³/mol. The van der Waals surface area contributed by atoms with Crippen LogP contribution in [0.5, 0.6) is 11.5 Å². The topological polar surface area (TPSA) is 308 Å². The molecule has 410 valence electrons. The molecule has 2 atom stereocenters. The lowest BCUT2D eigenvalue weighted by Gasteiger charge is -2.38. The zero-order valence-corrected chi connectivity index (χ0v) is 43.4. The molecule has 4 aromatic rings. The number of urea groups is 1. The smallest absolute Gasteiger partial charge is 0.410 e. The van der Waals surface area contributed by atoms with E-state index in [4.69, 9.17) is 19.9 Å². The average molecular weight is 1060 g/mol. The Morgan fingerprint density at radius 2 is 1.64 bits per heavy atom. The molecule has 3 aliphatic heterocycles. The number of pyridine rings is 1. The number of amides is 9. The fourth-order valence-electron chi connectivity index (χ4n) is 9.16. The highest BCUT2D eigenvalue weighted by Crippen LogP contribution is 2.28. The summed E-state index contributed by atoms with van der Waals surface area (Å²) in [5.74, 6) is -1.63. The van der Waals surface area contributed by atoms with Crippen LogP contribution in [-0.2, 0) is 53.2 Å². The third-order valence-electron chi connectivity index (χ3n) is 13.4. The number of carbonyl (C=O) groups is 8. The largest absolute Gasteiger partial charge is 0.497 e. The highest BCUT2D eigenvalue weighted by Gasteiger charge is 2.32. The zero-order valence-electron chi connectivity index (χ0n) is 43.4. The van der Waals surface area contributed by atoms with Gasteiger partial charge in [-0.15, -0.1) is 0 Å². The van der Waals surface area contributed by atoms with E-state index < -0.39 is 36.0 Å². The highest BCUT2D eigenvalue weighted by atomic mass is 16.6. The molecule has 1 saturated heterocycles. The highest BCUT2D eigenvalue weighted by molar-refractivity contribution is 6.12. The summed E-state index contributed by atoms with van der Waals surface area (Å²) >= 11 is 0. The van der Waals surface area contributed by atoms with Crippen LogP contribution in [0.25, 0.3) is 11.0 Å². The van der Waals surface area contributed by atoms with Crippen molar-refractivity contribution in [2.75, 3.05) is 57.1 Å². The Kier molecular flexibility index (Phi) is 19.7. The Labute approximate surface area is 444 Å². The average Bonchev–Trinajstić information content (AvgIpc) is 3.74. The standard InChI is InChI=1S/C53H66N12O12/c1-33(2)48(60-43(66)9-5-4-6-23-64-45(68)18-19-46(64)69)51(72)59-40(8-7-22-55-52(54)73)50(71)58-35-12-10-34(11-13-35)31-77-53(74)65(30-36-14-17-42-49(57-36)61-44(67)32-76-42)37-20-24-62(25-21-37)26-27-63-41-28-38(75-3)15-16-39(41)56-29-47(63)70/h10-19,28-29,33,37,40,48H,4-9,20-27,30-32H2,1-3H3,(H,58,71)(H,59,72)(H,60,66)(H3,54,55,73)(H,57,61,67)/t40-,48?/m0/s1. The minimum Gasteiger partial charge on any atom is -0.497 e. The molecule has 0 saturated carbocycles. The second kappa shape index (κ2) is 26.9. The normalized spacial score (nSPS) is 15.3. The van der Waals surface area contributed by atoms with Gasteiger partial charge in [-0.3, -0.25) is 43.4 Å². The van der Waals surface area contributed by atoms with Gasteiger partial charge in [-0.05, 0) is 86.4 Å². The Balaban J connectivity index is 0.945. The molecule has 77 heavy (non-hydrogen) atoms. The Bertz CT molecular complexity index is 2880. The van der Waals surface area contributed by atoms with Gasteiger partial charge in [0.25, 0.3) is 23.3 Å². The number of likely N-dealkylation sites (tertiary alicyclic amines) is 1. The van der Waals surface area contributed by atoms with Gasteiger partial charge in [0.1, 0.15) is 24.4 Å². The molecule has 1 fully saturated rings. The molecular weight excluding hydrogens is 997 g/mol. The number of imide groups is 1. The van der Waals surface area contributed by atoms with Crippen LogP contribution in [0.3, 0.4) is 0 Å². The summed E-state index contributed by atoms with van der Waals surface area (Å²) in [6.45, 7) is 6.00. The Morgan fingerprint density at radius 1 is 0.883 bits per heavy atom. The lowest BCUT2D eigenvalue weighted by Crippen LogP contribution is -2.54. The van der Waals surface area contributed by atoms with Crippen molar-refractivity contribution < 1.29 is 52.6 Å². The maximum atomic E-state index is 14.1. The zero-order chi connectivity index (χ0) is 55.0. The molecule has 7 rings (SSSR count). The molecule has 7 N–H and O–H groups in total. The van der Waals surface area contributed by atoms with Gasteiger partial charge in [0, 0.05) is 75.6 Å². The van der Waals surface area contributed by atoms with Crippen LogP contribution in [0.1, 0.15) is 76.5 Å². The summed E-state index contributed by atoms with van der Waals surface area (Å²) in [5, 5.41) is 13.6. The Morgan fingerprint density at radius 3 is 2.35 bits per heavy atom. The summed E-state index contributed by atoms with van der Waals surface area (Å²) in [6, 6.07) is 12.4. The van der Waals surface area contributed by atoms with E-state index in [-0.39, 0.29) is 99.1 Å². The van der Waals surface area contributed by atoms with E-state index in [9.17, 15) is 43.2 Å². The number of methoxy groups -OCH3 is 1.